The summed E-state index contributed by atoms with van der Waals surface area (Å²) >= 11 is 0. The largest absolute Gasteiger partial charge is 0.509 e. The van der Waals surface area contributed by atoms with Crippen molar-refractivity contribution in [1.29, 1.82) is 0 Å². The van der Waals surface area contributed by atoms with Gasteiger partial charge in [0.25, 0.3) is 0 Å². The molecule has 114 valence electrons. The highest BCUT2D eigenvalue weighted by atomic mass is 16.4. The van der Waals surface area contributed by atoms with E-state index in [-0.39, 0.29) is 17.1 Å². The molecule has 0 radical (unpaired) electrons. The molecule has 3 rings (SSSR count). The normalized spacial score (nSPS) is 11.6. The number of rotatable bonds is 3. The molecule has 0 saturated carbocycles. The molecule has 4 heteroatoms. The maximum absolute atomic E-state index is 12.4. The van der Waals surface area contributed by atoms with Gasteiger partial charge in [0.1, 0.15) is 22.7 Å². The van der Waals surface area contributed by atoms with Crippen molar-refractivity contribution in [1.82, 2.24) is 0 Å². The molecular formula is C19H14O4. The molecular weight excluding hydrogens is 292 g/mol. The lowest BCUT2D eigenvalue weighted by Crippen LogP contribution is -2.08. The third kappa shape index (κ3) is 2.74. The summed E-state index contributed by atoms with van der Waals surface area (Å²) in [5, 5.41) is 20.5. The fourth-order valence-corrected chi connectivity index (χ4v) is 2.46. The van der Waals surface area contributed by atoms with Crippen LogP contribution in [0.3, 0.4) is 0 Å². The second-order valence-electron chi connectivity index (χ2n) is 5.02. The number of fused-ring (bicyclic) bond motifs is 1. The van der Waals surface area contributed by atoms with Gasteiger partial charge in [-0.15, -0.1) is 0 Å². The third-order valence-electron chi connectivity index (χ3n) is 3.45. The number of allylic oxidation sites excluding steroid dienone is 1. The molecule has 0 atom stereocenters. The standard InChI is InChI=1S/C19H14O4/c1-12(20)11-15(13-7-3-2-4-8-13)17-18(21)14-9-5-6-10-16(14)23-19(17)22/h2-11,20-21H,1H2/b15-11-. The van der Waals surface area contributed by atoms with E-state index in [2.05, 4.69) is 6.58 Å². The summed E-state index contributed by atoms with van der Waals surface area (Å²) in [6.45, 7) is 3.43. The number of aromatic hydroxyl groups is 1. The van der Waals surface area contributed by atoms with Gasteiger partial charge in [-0.1, -0.05) is 49.0 Å². The Balaban J connectivity index is 2.36. The lowest BCUT2D eigenvalue weighted by Gasteiger charge is -2.10. The first-order chi connectivity index (χ1) is 11.1. The summed E-state index contributed by atoms with van der Waals surface area (Å²) in [4.78, 5) is 12.4. The smallest absolute Gasteiger partial charge is 0.348 e. The van der Waals surface area contributed by atoms with Crippen LogP contribution in [0, 0.1) is 0 Å². The zero-order valence-electron chi connectivity index (χ0n) is 12.2. The van der Waals surface area contributed by atoms with Crippen LogP contribution in [0.2, 0.25) is 0 Å². The molecule has 1 heterocycles. The number of para-hydroxylation sites is 1. The summed E-state index contributed by atoms with van der Waals surface area (Å²) < 4.78 is 5.29. The molecule has 0 aliphatic carbocycles. The average Bonchev–Trinajstić information content (AvgIpc) is 2.54. The third-order valence-corrected chi connectivity index (χ3v) is 3.45. The van der Waals surface area contributed by atoms with E-state index in [9.17, 15) is 15.0 Å². The van der Waals surface area contributed by atoms with E-state index < -0.39 is 5.63 Å². The fraction of sp³-hybridized carbons (Fsp3) is 0. The van der Waals surface area contributed by atoms with E-state index in [4.69, 9.17) is 4.42 Å². The highest BCUT2D eigenvalue weighted by molar-refractivity contribution is 5.92. The predicted octanol–water partition coefficient (Wildman–Crippen LogP) is 4.00. The second-order valence-corrected chi connectivity index (χ2v) is 5.02. The summed E-state index contributed by atoms with van der Waals surface area (Å²) in [5.74, 6) is -0.413. The van der Waals surface area contributed by atoms with E-state index in [0.29, 0.717) is 22.1 Å². The molecule has 0 aliphatic heterocycles. The van der Waals surface area contributed by atoms with Crippen LogP contribution in [0.5, 0.6) is 5.75 Å². The summed E-state index contributed by atoms with van der Waals surface area (Å²) in [5.41, 5.74) is 0.604. The van der Waals surface area contributed by atoms with Crippen LogP contribution >= 0.6 is 0 Å². The Kier molecular flexibility index (Phi) is 3.73. The number of hydrogen-bond donors (Lipinski definition) is 2. The molecule has 0 unspecified atom stereocenters. The average molecular weight is 306 g/mol. The zero-order valence-corrected chi connectivity index (χ0v) is 12.2. The number of benzene rings is 2. The van der Waals surface area contributed by atoms with E-state index in [1.807, 2.05) is 6.07 Å². The van der Waals surface area contributed by atoms with Crippen molar-refractivity contribution < 1.29 is 14.6 Å². The molecule has 0 saturated heterocycles. The molecule has 0 spiro atoms. The minimum absolute atomic E-state index is 0.00917. The van der Waals surface area contributed by atoms with Crippen molar-refractivity contribution >= 4 is 16.5 Å². The summed E-state index contributed by atoms with van der Waals surface area (Å²) in [6.07, 6.45) is 1.33. The fourth-order valence-electron chi connectivity index (χ4n) is 2.46. The molecule has 0 aliphatic rings. The van der Waals surface area contributed by atoms with Gasteiger partial charge in [0.05, 0.1) is 5.39 Å². The number of aliphatic hydroxyl groups excluding tert-OH is 1. The van der Waals surface area contributed by atoms with E-state index in [0.717, 1.165) is 0 Å². The lowest BCUT2D eigenvalue weighted by molar-refractivity contribution is 0.435. The Morgan fingerprint density at radius 3 is 2.39 bits per heavy atom. The van der Waals surface area contributed by atoms with Gasteiger partial charge in [0.2, 0.25) is 0 Å². The van der Waals surface area contributed by atoms with Crippen molar-refractivity contribution in [3.8, 4) is 5.75 Å². The maximum Gasteiger partial charge on any atom is 0.348 e. The van der Waals surface area contributed by atoms with Gasteiger partial charge >= 0.3 is 5.63 Å². The van der Waals surface area contributed by atoms with Gasteiger partial charge < -0.3 is 14.6 Å². The van der Waals surface area contributed by atoms with Crippen molar-refractivity contribution in [2.24, 2.45) is 0 Å². The monoisotopic (exact) mass is 306 g/mol. The Morgan fingerprint density at radius 1 is 1.04 bits per heavy atom. The zero-order chi connectivity index (χ0) is 16.4. The van der Waals surface area contributed by atoms with Gasteiger partial charge in [-0.25, -0.2) is 4.79 Å². The van der Waals surface area contributed by atoms with E-state index in [1.165, 1.54) is 6.08 Å². The molecule has 3 aromatic rings. The first kappa shape index (κ1) is 14.7. The van der Waals surface area contributed by atoms with E-state index >= 15 is 0 Å². The first-order valence-corrected chi connectivity index (χ1v) is 6.98. The molecule has 2 N–H and O–H groups in total. The Morgan fingerprint density at radius 2 is 1.70 bits per heavy atom. The van der Waals surface area contributed by atoms with Crippen LogP contribution in [-0.4, -0.2) is 10.2 Å². The number of aliphatic hydroxyl groups is 1. The minimum atomic E-state index is -0.683. The van der Waals surface area contributed by atoms with Crippen molar-refractivity contribution in [3.63, 3.8) is 0 Å². The lowest BCUT2D eigenvalue weighted by atomic mass is 9.96. The van der Waals surface area contributed by atoms with Crippen molar-refractivity contribution in [3.05, 3.63) is 94.6 Å². The van der Waals surface area contributed by atoms with Crippen LogP contribution in [0.25, 0.3) is 16.5 Å². The van der Waals surface area contributed by atoms with Gasteiger partial charge in [0, 0.05) is 5.57 Å². The minimum Gasteiger partial charge on any atom is -0.509 e. The predicted molar refractivity (Wildman–Crippen MR) is 89.4 cm³/mol. The van der Waals surface area contributed by atoms with Gasteiger partial charge in [-0.3, -0.25) is 0 Å². The Labute approximate surface area is 132 Å². The van der Waals surface area contributed by atoms with Gasteiger partial charge in [0.15, 0.2) is 0 Å². The Bertz CT molecular complexity index is 966. The van der Waals surface area contributed by atoms with E-state index in [1.54, 1.807) is 48.5 Å². The quantitative estimate of drug-likeness (QED) is 0.436. The van der Waals surface area contributed by atoms with Crippen LogP contribution in [-0.2, 0) is 0 Å². The molecule has 0 amide bonds. The molecule has 23 heavy (non-hydrogen) atoms. The molecule has 0 bridgehead atoms. The highest BCUT2D eigenvalue weighted by Crippen LogP contribution is 2.33. The SMILES string of the molecule is C=C(O)/C=C(/c1ccccc1)c1c(O)c2ccccc2oc1=O. The molecule has 4 nitrogen and oxygen atoms in total. The van der Waals surface area contributed by atoms with Crippen LogP contribution in [0.4, 0.5) is 0 Å². The summed E-state index contributed by atoms with van der Waals surface area (Å²) in [6, 6.07) is 15.7. The van der Waals surface area contributed by atoms with Gasteiger partial charge in [-0.2, -0.15) is 0 Å². The molecule has 2 aromatic carbocycles. The maximum atomic E-state index is 12.4. The van der Waals surface area contributed by atoms with Crippen molar-refractivity contribution in [2.45, 2.75) is 0 Å². The van der Waals surface area contributed by atoms with Crippen LogP contribution < -0.4 is 5.63 Å². The highest BCUT2D eigenvalue weighted by Gasteiger charge is 2.19. The second kappa shape index (κ2) is 5.85. The van der Waals surface area contributed by atoms with Crippen LogP contribution in [0.1, 0.15) is 11.1 Å². The topological polar surface area (TPSA) is 70.7 Å². The van der Waals surface area contributed by atoms with Crippen molar-refractivity contribution in [2.75, 3.05) is 0 Å². The number of hydrogen-bond acceptors (Lipinski definition) is 4. The Hall–Kier alpha value is -3.27. The molecule has 0 fully saturated rings. The summed E-state index contributed by atoms with van der Waals surface area (Å²) in [7, 11) is 0. The molecule has 1 aromatic heterocycles. The van der Waals surface area contributed by atoms with Crippen LogP contribution in [0.15, 0.2) is 82.2 Å². The van der Waals surface area contributed by atoms with Gasteiger partial charge in [-0.05, 0) is 23.8 Å². The first-order valence-electron chi connectivity index (χ1n) is 6.98.